The number of benzene rings is 1. The molecule has 1 aromatic carbocycles. The van der Waals surface area contributed by atoms with Crippen LogP contribution in [0.1, 0.15) is 36.0 Å². The number of fused-ring (bicyclic) bond motifs is 1. The third-order valence-electron chi connectivity index (χ3n) is 4.18. The van der Waals surface area contributed by atoms with Crippen LogP contribution in [0.5, 0.6) is 0 Å². The van der Waals surface area contributed by atoms with Crippen LogP contribution in [0, 0.1) is 6.92 Å². The summed E-state index contributed by atoms with van der Waals surface area (Å²) in [5, 5.41) is 12.0. The van der Waals surface area contributed by atoms with Crippen LogP contribution < -0.4 is 0 Å². The molecule has 1 aliphatic rings. The summed E-state index contributed by atoms with van der Waals surface area (Å²) >= 11 is 0. The predicted octanol–water partition coefficient (Wildman–Crippen LogP) is 2.29. The normalized spacial score (nSPS) is 19.8. The zero-order valence-corrected chi connectivity index (χ0v) is 12.4. The number of nitrogens with zero attached hydrogens (tertiary/aromatic N) is 5. The highest BCUT2D eigenvalue weighted by atomic mass is 16.6. The maximum Gasteiger partial charge on any atom is 0.223 e. The van der Waals surface area contributed by atoms with E-state index in [0.29, 0.717) is 11.8 Å². The van der Waals surface area contributed by atoms with Gasteiger partial charge in [0.05, 0.1) is 0 Å². The fraction of sp³-hybridized carbons (Fsp3) is 0.467. The molecule has 4 rings (SSSR count). The van der Waals surface area contributed by atoms with Gasteiger partial charge in [0.1, 0.15) is 11.0 Å². The minimum Gasteiger partial charge on any atom is -0.340 e. The number of likely N-dealkylation sites (tertiary alicyclic amines) is 1. The Morgan fingerprint density at radius 1 is 1.27 bits per heavy atom. The highest BCUT2D eigenvalue weighted by Gasteiger charge is 2.25. The molecule has 1 saturated heterocycles. The van der Waals surface area contributed by atoms with E-state index >= 15 is 0 Å². The Bertz CT molecular complexity index is 781. The van der Waals surface area contributed by atoms with E-state index in [9.17, 15) is 0 Å². The lowest BCUT2D eigenvalue weighted by atomic mass is 9.97. The van der Waals surface area contributed by atoms with Gasteiger partial charge in [0.25, 0.3) is 0 Å². The molecule has 0 unspecified atom stereocenters. The fourth-order valence-electron chi connectivity index (χ4n) is 3.12. The summed E-state index contributed by atoms with van der Waals surface area (Å²) < 4.78 is 9.95. The van der Waals surface area contributed by atoms with Crippen molar-refractivity contribution in [1.29, 1.82) is 0 Å². The highest BCUT2D eigenvalue weighted by Crippen LogP contribution is 2.26. The van der Waals surface area contributed by atoms with Crippen molar-refractivity contribution in [2.45, 2.75) is 32.2 Å². The highest BCUT2D eigenvalue weighted by molar-refractivity contribution is 5.76. The van der Waals surface area contributed by atoms with Gasteiger partial charge in [-0.05, 0) is 41.3 Å². The summed E-state index contributed by atoms with van der Waals surface area (Å²) in [5.74, 6) is 1.79. The number of aryl methyl sites for hydroxylation is 1. The predicted molar refractivity (Wildman–Crippen MR) is 78.1 cm³/mol. The minimum atomic E-state index is 0.334. The van der Waals surface area contributed by atoms with Crippen LogP contribution in [0.15, 0.2) is 27.4 Å². The van der Waals surface area contributed by atoms with Gasteiger partial charge in [-0.25, -0.2) is 4.63 Å². The Labute approximate surface area is 127 Å². The summed E-state index contributed by atoms with van der Waals surface area (Å²) in [5.41, 5.74) is 2.79. The second-order valence-electron chi connectivity index (χ2n) is 5.79. The number of hydrogen-bond acceptors (Lipinski definition) is 7. The molecule has 0 N–H and O–H groups in total. The van der Waals surface area contributed by atoms with Crippen molar-refractivity contribution in [1.82, 2.24) is 25.4 Å². The van der Waals surface area contributed by atoms with Crippen LogP contribution in [0.25, 0.3) is 11.0 Å². The average molecular weight is 299 g/mol. The van der Waals surface area contributed by atoms with E-state index in [4.69, 9.17) is 9.15 Å². The van der Waals surface area contributed by atoms with Crippen molar-refractivity contribution in [3.63, 3.8) is 0 Å². The number of hydrogen-bond donors (Lipinski definition) is 0. The van der Waals surface area contributed by atoms with E-state index in [1.165, 1.54) is 0 Å². The summed E-state index contributed by atoms with van der Waals surface area (Å²) in [6.45, 7) is 4.66. The third kappa shape index (κ3) is 2.48. The number of piperidine rings is 1. The third-order valence-corrected chi connectivity index (χ3v) is 4.18. The standard InChI is InChI=1S/C15H17N5O2/c1-10-16-15(19-21-10)12-5-3-7-20(9-12)8-11-4-2-6-13-14(11)18-22-17-13/h2,4,6,12H,3,5,7-9H2,1H3/t12-/m0/s1. The topological polar surface area (TPSA) is 81.1 Å². The molecule has 22 heavy (non-hydrogen) atoms. The Morgan fingerprint density at radius 3 is 3.09 bits per heavy atom. The van der Waals surface area contributed by atoms with Crippen LogP contribution in [-0.4, -0.2) is 38.4 Å². The maximum absolute atomic E-state index is 5.11. The number of aromatic nitrogens is 4. The molecule has 114 valence electrons. The van der Waals surface area contributed by atoms with Crippen molar-refractivity contribution in [3.05, 3.63) is 35.5 Å². The Morgan fingerprint density at radius 2 is 2.23 bits per heavy atom. The molecule has 2 aromatic heterocycles. The van der Waals surface area contributed by atoms with Gasteiger partial charge in [-0.2, -0.15) is 4.98 Å². The van der Waals surface area contributed by atoms with Gasteiger partial charge in [-0.15, -0.1) is 0 Å². The first-order chi connectivity index (χ1) is 10.8. The van der Waals surface area contributed by atoms with E-state index in [1.807, 2.05) is 19.1 Å². The molecule has 3 aromatic rings. The molecule has 1 atom stereocenters. The molecule has 1 aliphatic heterocycles. The Balaban J connectivity index is 1.52. The van der Waals surface area contributed by atoms with Gasteiger partial charge in [-0.3, -0.25) is 4.90 Å². The molecular weight excluding hydrogens is 282 g/mol. The van der Waals surface area contributed by atoms with Gasteiger partial charge in [0, 0.05) is 25.9 Å². The first-order valence-corrected chi connectivity index (χ1v) is 7.52. The van der Waals surface area contributed by atoms with Crippen molar-refractivity contribution in [2.75, 3.05) is 13.1 Å². The lowest BCUT2D eigenvalue weighted by Crippen LogP contribution is -2.34. The van der Waals surface area contributed by atoms with Crippen molar-refractivity contribution >= 4 is 11.0 Å². The smallest absolute Gasteiger partial charge is 0.223 e. The van der Waals surface area contributed by atoms with E-state index < -0.39 is 0 Å². The molecular formula is C15H17N5O2. The summed E-state index contributed by atoms with van der Waals surface area (Å²) in [6.07, 6.45) is 2.23. The molecule has 0 aliphatic carbocycles. The Kier molecular flexibility index (Phi) is 3.34. The lowest BCUT2D eigenvalue weighted by Gasteiger charge is -2.31. The van der Waals surface area contributed by atoms with E-state index in [1.54, 1.807) is 0 Å². The van der Waals surface area contributed by atoms with Crippen molar-refractivity contribution in [2.24, 2.45) is 0 Å². The van der Waals surface area contributed by atoms with E-state index in [0.717, 1.165) is 54.9 Å². The first-order valence-electron chi connectivity index (χ1n) is 7.52. The largest absolute Gasteiger partial charge is 0.340 e. The van der Waals surface area contributed by atoms with Crippen LogP contribution in [0.4, 0.5) is 0 Å². The van der Waals surface area contributed by atoms with Gasteiger partial charge in [0.2, 0.25) is 5.89 Å². The van der Waals surface area contributed by atoms with Crippen LogP contribution in [0.2, 0.25) is 0 Å². The van der Waals surface area contributed by atoms with Crippen LogP contribution in [-0.2, 0) is 6.54 Å². The van der Waals surface area contributed by atoms with Crippen molar-refractivity contribution in [3.8, 4) is 0 Å². The molecule has 7 heteroatoms. The second kappa shape index (κ2) is 5.49. The van der Waals surface area contributed by atoms with Gasteiger partial charge in [0.15, 0.2) is 5.82 Å². The van der Waals surface area contributed by atoms with Crippen LogP contribution in [0.3, 0.4) is 0 Å². The zero-order chi connectivity index (χ0) is 14.9. The van der Waals surface area contributed by atoms with Gasteiger partial charge >= 0.3 is 0 Å². The quantitative estimate of drug-likeness (QED) is 0.734. The molecule has 0 bridgehead atoms. The molecule has 1 fully saturated rings. The summed E-state index contributed by atoms with van der Waals surface area (Å²) in [6, 6.07) is 5.98. The van der Waals surface area contributed by atoms with Gasteiger partial charge < -0.3 is 4.52 Å². The fourth-order valence-corrected chi connectivity index (χ4v) is 3.12. The van der Waals surface area contributed by atoms with Gasteiger partial charge in [-0.1, -0.05) is 17.3 Å². The second-order valence-corrected chi connectivity index (χ2v) is 5.79. The zero-order valence-electron chi connectivity index (χ0n) is 12.4. The summed E-state index contributed by atoms with van der Waals surface area (Å²) in [4.78, 5) is 6.78. The maximum atomic E-state index is 5.11. The average Bonchev–Trinajstić information content (AvgIpc) is 3.17. The first kappa shape index (κ1) is 13.4. The Hall–Kier alpha value is -2.28. The minimum absolute atomic E-state index is 0.334. The summed E-state index contributed by atoms with van der Waals surface area (Å²) in [7, 11) is 0. The number of rotatable bonds is 3. The van der Waals surface area contributed by atoms with Crippen LogP contribution >= 0.6 is 0 Å². The molecule has 7 nitrogen and oxygen atoms in total. The molecule has 0 saturated carbocycles. The lowest BCUT2D eigenvalue weighted by molar-refractivity contribution is 0.195. The van der Waals surface area contributed by atoms with Crippen molar-refractivity contribution < 1.29 is 9.15 Å². The SMILES string of the molecule is Cc1nc([C@H]2CCCN(Cc3cccc4nonc34)C2)no1. The van der Waals surface area contributed by atoms with E-state index in [2.05, 4.69) is 31.4 Å². The monoisotopic (exact) mass is 299 g/mol. The molecule has 0 amide bonds. The molecule has 0 radical (unpaired) electrons. The van der Waals surface area contributed by atoms with E-state index in [-0.39, 0.29) is 0 Å². The molecule has 3 heterocycles. The molecule has 0 spiro atoms.